The number of ether oxygens (including phenoxy) is 3. The zero-order chi connectivity index (χ0) is 47.1. The molecule has 0 saturated carbocycles. The topological polar surface area (TPSA) is 257 Å². The first kappa shape index (κ1) is 52.9. The van der Waals surface area contributed by atoms with Crippen LogP contribution in [0.5, 0.6) is 11.5 Å². The Labute approximate surface area is 378 Å². The van der Waals surface area contributed by atoms with Gasteiger partial charge in [0.25, 0.3) is 5.56 Å². The van der Waals surface area contributed by atoms with Gasteiger partial charge in [0.05, 0.1) is 19.8 Å². The van der Waals surface area contributed by atoms with E-state index in [9.17, 15) is 33.2 Å². The number of benzene rings is 2. The van der Waals surface area contributed by atoms with Gasteiger partial charge in [-0.1, -0.05) is 120 Å². The number of unbranched alkanes of at least 4 members (excludes halogenated alkanes) is 12. The number of esters is 2. The van der Waals surface area contributed by atoms with Crippen molar-refractivity contribution < 1.29 is 55.7 Å². The molecule has 1 aliphatic heterocycles. The van der Waals surface area contributed by atoms with Gasteiger partial charge in [-0.3, -0.25) is 37.5 Å². The molecule has 65 heavy (non-hydrogen) atoms. The van der Waals surface area contributed by atoms with Gasteiger partial charge in [0.15, 0.2) is 6.23 Å². The number of H-pyrrole nitrogens is 1. The Bertz CT molecular complexity index is 2190. The summed E-state index contributed by atoms with van der Waals surface area (Å²) in [5.41, 5.74) is 8.54. The number of carbonyl (C=O) groups is 2. The number of aromatic amines is 1. The molecule has 3 atom stereocenters. The predicted molar refractivity (Wildman–Crippen MR) is 241 cm³/mol. The van der Waals surface area contributed by atoms with E-state index in [1.165, 1.54) is 106 Å². The normalized spacial score (nSPS) is 15.8. The summed E-state index contributed by atoms with van der Waals surface area (Å²) in [6.45, 7) is 4.06. The molecule has 2 aromatic carbocycles. The number of aromatic nitrogens is 2. The molecular formula is C44H61N5O14P2. The summed E-state index contributed by atoms with van der Waals surface area (Å²) in [7, 11) is -10.3. The van der Waals surface area contributed by atoms with Crippen LogP contribution < -0.4 is 20.7 Å². The van der Waals surface area contributed by atoms with E-state index in [-0.39, 0.29) is 47.5 Å². The van der Waals surface area contributed by atoms with Gasteiger partial charge in [0, 0.05) is 35.2 Å². The third-order valence-electron chi connectivity index (χ3n) is 10.2. The van der Waals surface area contributed by atoms with Gasteiger partial charge in [-0.05, 0) is 66.8 Å². The first-order valence-electron chi connectivity index (χ1n) is 22.1. The van der Waals surface area contributed by atoms with Gasteiger partial charge in [-0.2, -0.15) is 4.31 Å². The van der Waals surface area contributed by atoms with Gasteiger partial charge in [-0.15, -0.1) is 0 Å². The molecule has 2 unspecified atom stereocenters. The fraction of sp³-hybridized carbons (Fsp3) is 0.545. The van der Waals surface area contributed by atoms with Crippen LogP contribution >= 0.6 is 15.6 Å². The smallest absolute Gasteiger partial charge is 0.427 e. The minimum atomic E-state index is -5.34. The second-order valence-corrected chi connectivity index (χ2v) is 18.9. The zero-order valence-electron chi connectivity index (χ0n) is 37.3. The fourth-order valence-electron chi connectivity index (χ4n) is 6.55. The summed E-state index contributed by atoms with van der Waals surface area (Å²) in [4.78, 5) is 64.9. The minimum absolute atomic E-state index is 0.122. The molecule has 0 aliphatic carbocycles. The average molecular weight is 946 g/mol. The highest BCUT2D eigenvalue weighted by Crippen LogP contribution is 2.64. The molecule has 0 radical (unpaired) electrons. The molecule has 0 fully saturated rings. The zero-order valence-corrected chi connectivity index (χ0v) is 39.1. The van der Waals surface area contributed by atoms with Crippen LogP contribution in [0.3, 0.4) is 0 Å². The number of aryl methyl sites for hydroxylation is 1. The van der Waals surface area contributed by atoms with Crippen molar-refractivity contribution in [3.63, 3.8) is 0 Å². The van der Waals surface area contributed by atoms with Crippen molar-refractivity contribution in [2.45, 2.75) is 149 Å². The number of carbonyl (C=O) groups excluding carboxylic acids is 2. The largest absolute Gasteiger partial charge is 0.484 e. The number of nitrogens with one attached hydrogen (secondary N) is 1. The van der Waals surface area contributed by atoms with Crippen molar-refractivity contribution in [1.82, 2.24) is 9.55 Å². The molecule has 21 heteroatoms. The van der Waals surface area contributed by atoms with Crippen molar-refractivity contribution >= 4 is 27.6 Å². The molecule has 2 heterocycles. The highest BCUT2D eigenvalue weighted by molar-refractivity contribution is 7.61. The minimum Gasteiger partial charge on any atom is -0.427 e. The third-order valence-corrected chi connectivity index (χ3v) is 13.2. The maximum absolute atomic E-state index is 14.1. The number of azide groups is 1. The number of hydrogen-bond donors (Lipinski definition) is 2. The van der Waals surface area contributed by atoms with Crippen molar-refractivity contribution in [3.05, 3.63) is 114 Å². The van der Waals surface area contributed by atoms with Crippen molar-refractivity contribution in [3.8, 4) is 11.5 Å². The van der Waals surface area contributed by atoms with E-state index in [1.807, 2.05) is 0 Å². The number of hydrogen-bond acceptors (Lipinski definition) is 14. The summed E-state index contributed by atoms with van der Waals surface area (Å²) in [5, 5.41) is 3.53. The molecule has 1 aliphatic rings. The van der Waals surface area contributed by atoms with Crippen molar-refractivity contribution in [1.29, 1.82) is 0 Å². The van der Waals surface area contributed by atoms with Crippen LogP contribution in [0.25, 0.3) is 10.4 Å². The Morgan fingerprint density at radius 1 is 0.769 bits per heavy atom. The van der Waals surface area contributed by atoms with Crippen LogP contribution in [-0.2, 0) is 54.6 Å². The Kier molecular flexibility index (Phi) is 22.6. The highest BCUT2D eigenvalue weighted by atomic mass is 31.3. The lowest BCUT2D eigenvalue weighted by atomic mass is 10.1. The van der Waals surface area contributed by atoms with Crippen LogP contribution in [0.4, 0.5) is 0 Å². The van der Waals surface area contributed by atoms with Gasteiger partial charge in [0.1, 0.15) is 17.6 Å². The van der Waals surface area contributed by atoms with Gasteiger partial charge in [-0.25, -0.2) is 13.9 Å². The molecule has 356 valence electrons. The van der Waals surface area contributed by atoms with Gasteiger partial charge >= 0.3 is 33.3 Å². The number of rotatable bonds is 31. The Hall–Kier alpha value is -4.67. The van der Waals surface area contributed by atoms with Crippen LogP contribution in [0.15, 0.2) is 81.2 Å². The molecular weight excluding hydrogens is 884 g/mol. The molecule has 0 bridgehead atoms. The summed E-state index contributed by atoms with van der Waals surface area (Å²) < 4.78 is 66.4. The summed E-state index contributed by atoms with van der Waals surface area (Å²) in [5.74, 6) is -0.182. The second-order valence-electron chi connectivity index (χ2n) is 15.6. The van der Waals surface area contributed by atoms with Gasteiger partial charge in [0.2, 0.25) is 0 Å². The first-order chi connectivity index (χ1) is 31.2. The monoisotopic (exact) mass is 945 g/mol. The lowest BCUT2D eigenvalue weighted by molar-refractivity contribution is -0.135. The molecule has 3 aromatic rings. The standard InChI is InChI=1S/C44H61N5O14P2/c1-4-6-8-10-12-14-16-18-41(50)60-36-24-20-34(21-25-36)30-58-65(56,59-31-35-22-26-37(27-23-35)61-42(51)19-17-15-13-11-9-7-5-2)63-64(54,55)57-32-39-38(47-48-45)28-40(62-39)49-29-33(3)43(52)46-44(49)53/h20-29,39-40H,4-19,30-32H2,1-3H3,(H,54,55)(H,46,52,53)/t39?,40-/m1/s1. The Balaban J connectivity index is 1.39. The average Bonchev–Trinajstić information content (AvgIpc) is 3.68. The predicted octanol–water partition coefficient (Wildman–Crippen LogP) is 10.7. The summed E-state index contributed by atoms with van der Waals surface area (Å²) in [6, 6.07) is 12.2. The Morgan fingerprint density at radius 2 is 1.25 bits per heavy atom. The lowest BCUT2D eigenvalue weighted by Crippen LogP contribution is -2.33. The van der Waals surface area contributed by atoms with Crippen molar-refractivity contribution in [2.24, 2.45) is 5.11 Å². The van der Waals surface area contributed by atoms with E-state index >= 15 is 0 Å². The lowest BCUT2D eigenvalue weighted by Gasteiger charge is -2.22. The molecule has 2 N–H and O–H groups in total. The number of nitrogens with zero attached hydrogens (tertiary/aromatic N) is 4. The quantitative estimate of drug-likeness (QED) is 0.0116. The Morgan fingerprint density at radius 3 is 1.72 bits per heavy atom. The van der Waals surface area contributed by atoms with E-state index in [1.54, 1.807) is 0 Å². The summed E-state index contributed by atoms with van der Waals surface area (Å²) >= 11 is 0. The molecule has 4 rings (SSSR count). The van der Waals surface area contributed by atoms with Gasteiger partial charge < -0.3 is 19.1 Å². The molecule has 0 amide bonds. The van der Waals surface area contributed by atoms with Crippen LogP contribution in [0, 0.1) is 6.92 Å². The molecule has 0 saturated heterocycles. The second kappa shape index (κ2) is 27.7. The fourth-order valence-corrected chi connectivity index (χ4v) is 9.14. The first-order valence-corrected chi connectivity index (χ1v) is 25.1. The van der Waals surface area contributed by atoms with E-state index in [4.69, 9.17) is 37.6 Å². The maximum atomic E-state index is 14.1. The van der Waals surface area contributed by atoms with Crippen LogP contribution in [0.1, 0.15) is 139 Å². The van der Waals surface area contributed by atoms with Crippen LogP contribution in [0.2, 0.25) is 0 Å². The molecule has 1 aromatic heterocycles. The third kappa shape index (κ3) is 19.4. The van der Waals surface area contributed by atoms with E-state index < -0.39 is 59.0 Å². The number of phosphoric ester groups is 2. The van der Waals surface area contributed by atoms with Crippen LogP contribution in [-0.4, -0.2) is 39.1 Å². The maximum Gasteiger partial charge on any atom is 0.484 e. The van der Waals surface area contributed by atoms with E-state index in [0.29, 0.717) is 11.1 Å². The molecule has 0 spiro atoms. The molecule has 19 nitrogen and oxygen atoms in total. The summed E-state index contributed by atoms with van der Waals surface area (Å²) in [6.07, 6.45) is 15.3. The van der Waals surface area contributed by atoms with E-state index in [0.717, 1.165) is 55.9 Å². The van der Waals surface area contributed by atoms with E-state index in [2.05, 4.69) is 28.9 Å². The van der Waals surface area contributed by atoms with Crippen molar-refractivity contribution in [2.75, 3.05) is 6.61 Å². The SMILES string of the molecule is CCCCCCCCCC(=O)Oc1ccc(COP(=O)(OCc2ccc(OC(=O)CCCCCCCCC)cc2)OP(=O)(O)OCC2O[C@@H](n3cc(C)c(=O)[nH]c3=O)C=C2N=[N+]=[N-])cc1. The number of phosphoric acid groups is 2. The highest BCUT2D eigenvalue weighted by Gasteiger charge is 2.40.